The minimum Gasteiger partial charge on any atom is -0.389 e. The van der Waals surface area contributed by atoms with Crippen molar-refractivity contribution in [3.05, 3.63) is 40.7 Å². The third-order valence-corrected chi connectivity index (χ3v) is 9.46. The van der Waals surface area contributed by atoms with Gasteiger partial charge in [0.1, 0.15) is 16.6 Å². The molecule has 3 aliphatic rings. The van der Waals surface area contributed by atoms with Gasteiger partial charge in [0.15, 0.2) is 11.6 Å². The van der Waals surface area contributed by atoms with Crippen LogP contribution in [0.4, 0.5) is 19.7 Å². The minimum atomic E-state index is -0.609. The van der Waals surface area contributed by atoms with Gasteiger partial charge in [-0.05, 0) is 31.6 Å². The van der Waals surface area contributed by atoms with Crippen molar-refractivity contribution < 1.29 is 18.3 Å². The van der Waals surface area contributed by atoms with Crippen LogP contribution in [0.25, 0.3) is 32.2 Å². The van der Waals surface area contributed by atoms with Crippen molar-refractivity contribution in [1.29, 1.82) is 5.26 Å². The number of nitrogens with two attached hydrogens (primary N) is 1. The van der Waals surface area contributed by atoms with E-state index in [-0.39, 0.29) is 56.7 Å². The molecule has 1 unspecified atom stereocenters. The molecule has 0 bridgehead atoms. The first kappa shape index (κ1) is 27.3. The van der Waals surface area contributed by atoms with Crippen LogP contribution in [0.2, 0.25) is 0 Å². The Balaban J connectivity index is 1.27. The highest BCUT2D eigenvalue weighted by atomic mass is 32.1. The number of aromatic nitrogens is 3. The van der Waals surface area contributed by atoms with E-state index in [2.05, 4.69) is 38.8 Å². The van der Waals surface area contributed by atoms with Gasteiger partial charge in [0.2, 0.25) is 5.95 Å². The maximum absolute atomic E-state index is 16.6. The van der Waals surface area contributed by atoms with E-state index in [9.17, 15) is 9.65 Å². The van der Waals surface area contributed by atoms with Gasteiger partial charge < -0.3 is 25.0 Å². The smallest absolute Gasteiger partial charge is 0.226 e. The molecule has 2 saturated heterocycles. The number of thiophene rings is 1. The molecule has 7 rings (SSSR count). The first-order chi connectivity index (χ1) is 20.3. The summed E-state index contributed by atoms with van der Waals surface area (Å²) in [4.78, 5) is 20.4. The molecule has 3 aromatic heterocycles. The summed E-state index contributed by atoms with van der Waals surface area (Å²) in [6, 6.07) is 2.38. The lowest BCUT2D eigenvalue weighted by molar-refractivity contribution is -0.0489. The van der Waals surface area contributed by atoms with Gasteiger partial charge >= 0.3 is 0 Å². The summed E-state index contributed by atoms with van der Waals surface area (Å²) >= 11 is 0.956. The lowest BCUT2D eigenvalue weighted by atomic mass is 9.94. The van der Waals surface area contributed by atoms with Gasteiger partial charge in [-0.2, -0.15) is 5.26 Å². The van der Waals surface area contributed by atoms with Crippen LogP contribution in [0.5, 0.6) is 0 Å². The number of nitrogen functional groups attached to an aromatic ring is 1. The van der Waals surface area contributed by atoms with E-state index in [1.165, 1.54) is 0 Å². The van der Waals surface area contributed by atoms with Crippen molar-refractivity contribution in [2.45, 2.75) is 31.8 Å². The SMILES string of the molecule is CN(C)CC1CN([C@@H]2CCN(c3ncc4c5c(c(-c6ncc(F)c7sc(N)c(C#N)c67)c(F)c4n3)COC5)C2)CCO1. The number of morpholine rings is 1. The lowest BCUT2D eigenvalue weighted by Gasteiger charge is -2.37. The summed E-state index contributed by atoms with van der Waals surface area (Å²) in [5.74, 6) is -0.744. The second kappa shape index (κ2) is 10.6. The summed E-state index contributed by atoms with van der Waals surface area (Å²) in [5.41, 5.74) is 8.00. The number of halogens is 2. The Morgan fingerprint density at radius 2 is 2.00 bits per heavy atom. The second-order valence-electron chi connectivity index (χ2n) is 11.3. The van der Waals surface area contributed by atoms with Gasteiger partial charge in [0.25, 0.3) is 0 Å². The standard InChI is InChI=1S/C29H30F2N8O2S/c1-37(2)11-16-12-38(5-6-41-16)15-3-4-39(10-15)29-35-8-18-19-13-40-14-20(19)22(24(31)25(18)36-29)26-23-17(7-32)28(33)42-27(23)21(30)9-34-26/h8-9,15-16H,3-6,10-14,33H2,1-2H3/t15-,16?/m1/s1. The maximum atomic E-state index is 16.6. The summed E-state index contributed by atoms with van der Waals surface area (Å²) in [5, 5.41) is 10.7. The van der Waals surface area contributed by atoms with Crippen LogP contribution < -0.4 is 10.6 Å². The maximum Gasteiger partial charge on any atom is 0.226 e. The van der Waals surface area contributed by atoms with Gasteiger partial charge in [-0.1, -0.05) is 0 Å². The van der Waals surface area contributed by atoms with Crippen LogP contribution >= 0.6 is 11.3 Å². The molecule has 0 spiro atoms. The van der Waals surface area contributed by atoms with E-state index in [4.69, 9.17) is 20.2 Å². The Labute approximate surface area is 245 Å². The number of nitriles is 1. The second-order valence-corrected chi connectivity index (χ2v) is 12.4. The zero-order chi connectivity index (χ0) is 29.1. The predicted molar refractivity (Wildman–Crippen MR) is 156 cm³/mol. The quantitative estimate of drug-likeness (QED) is 0.369. The van der Waals surface area contributed by atoms with Crippen molar-refractivity contribution in [3.63, 3.8) is 0 Å². The Morgan fingerprint density at radius 1 is 1.17 bits per heavy atom. The summed E-state index contributed by atoms with van der Waals surface area (Å²) in [6.45, 7) is 5.24. The van der Waals surface area contributed by atoms with E-state index in [1.54, 1.807) is 6.20 Å². The van der Waals surface area contributed by atoms with Gasteiger partial charge in [0, 0.05) is 61.3 Å². The van der Waals surface area contributed by atoms with Gasteiger partial charge in [-0.25, -0.2) is 18.7 Å². The fourth-order valence-corrected chi connectivity index (χ4v) is 7.43. The first-order valence-corrected chi connectivity index (χ1v) is 14.8. The number of nitrogens with zero attached hydrogens (tertiary/aromatic N) is 7. The zero-order valence-corrected chi connectivity index (χ0v) is 24.2. The Morgan fingerprint density at radius 3 is 2.81 bits per heavy atom. The Hall–Kier alpha value is -3.54. The van der Waals surface area contributed by atoms with Crippen LogP contribution in [0, 0.1) is 23.0 Å². The van der Waals surface area contributed by atoms with E-state index < -0.39 is 11.6 Å². The molecular weight excluding hydrogens is 562 g/mol. The van der Waals surface area contributed by atoms with Crippen LogP contribution in [0.3, 0.4) is 0 Å². The average molecular weight is 593 g/mol. The summed E-state index contributed by atoms with van der Waals surface area (Å²) < 4.78 is 43.2. The molecule has 42 heavy (non-hydrogen) atoms. The van der Waals surface area contributed by atoms with E-state index in [0.717, 1.165) is 62.2 Å². The van der Waals surface area contributed by atoms with Gasteiger partial charge in [-0.3, -0.25) is 9.88 Å². The molecule has 2 fully saturated rings. The van der Waals surface area contributed by atoms with Crippen LogP contribution in [-0.2, 0) is 22.7 Å². The van der Waals surface area contributed by atoms with Gasteiger partial charge in [0.05, 0.1) is 48.1 Å². The zero-order valence-electron chi connectivity index (χ0n) is 23.4. The summed E-state index contributed by atoms with van der Waals surface area (Å²) in [6.07, 6.45) is 3.84. The molecule has 10 nitrogen and oxygen atoms in total. The van der Waals surface area contributed by atoms with Crippen molar-refractivity contribution in [3.8, 4) is 17.3 Å². The Bertz CT molecular complexity index is 1760. The van der Waals surface area contributed by atoms with Crippen molar-refractivity contribution in [1.82, 2.24) is 24.8 Å². The molecule has 2 atom stereocenters. The molecule has 0 amide bonds. The number of hydrogen-bond donors (Lipinski definition) is 1. The Kier molecular flexibility index (Phi) is 6.91. The number of rotatable bonds is 5. The van der Waals surface area contributed by atoms with Crippen molar-refractivity contribution >= 4 is 43.3 Å². The first-order valence-electron chi connectivity index (χ1n) is 13.9. The third kappa shape index (κ3) is 4.45. The van der Waals surface area contributed by atoms with E-state index in [0.29, 0.717) is 29.5 Å². The molecule has 0 saturated carbocycles. The highest BCUT2D eigenvalue weighted by Crippen LogP contribution is 2.45. The molecule has 4 aromatic rings. The monoisotopic (exact) mass is 592 g/mol. The molecule has 6 heterocycles. The molecule has 0 radical (unpaired) electrons. The van der Waals surface area contributed by atoms with Crippen LogP contribution in [0.15, 0.2) is 12.4 Å². The normalized spacial score (nSPS) is 21.1. The number of benzene rings is 1. The molecule has 0 aliphatic carbocycles. The fraction of sp³-hybridized carbons (Fsp3) is 0.448. The molecule has 1 aromatic carbocycles. The molecule has 13 heteroatoms. The molecular formula is C29H30F2N8O2S. The molecule has 3 aliphatic heterocycles. The molecule has 2 N–H and O–H groups in total. The lowest BCUT2D eigenvalue weighted by Crippen LogP contribution is -2.51. The number of anilines is 2. The summed E-state index contributed by atoms with van der Waals surface area (Å²) in [7, 11) is 4.10. The topological polar surface area (TPSA) is 117 Å². The number of fused-ring (bicyclic) bond motifs is 4. The van der Waals surface area contributed by atoms with Crippen molar-refractivity contribution in [2.75, 3.05) is 64.1 Å². The average Bonchev–Trinajstić information content (AvgIpc) is 3.73. The number of hydrogen-bond acceptors (Lipinski definition) is 11. The number of pyridine rings is 1. The predicted octanol–water partition coefficient (Wildman–Crippen LogP) is 3.51. The highest BCUT2D eigenvalue weighted by Gasteiger charge is 2.34. The highest BCUT2D eigenvalue weighted by molar-refractivity contribution is 7.23. The van der Waals surface area contributed by atoms with Gasteiger partial charge in [-0.15, -0.1) is 11.3 Å². The number of likely N-dealkylation sites (N-methyl/N-ethyl adjacent to an activating group) is 1. The van der Waals surface area contributed by atoms with Crippen LogP contribution in [0.1, 0.15) is 23.1 Å². The van der Waals surface area contributed by atoms with E-state index >= 15 is 4.39 Å². The number of ether oxygens (including phenoxy) is 2. The van der Waals surface area contributed by atoms with E-state index in [1.807, 2.05) is 6.07 Å². The fourth-order valence-electron chi connectivity index (χ4n) is 6.50. The largest absolute Gasteiger partial charge is 0.389 e. The minimum absolute atomic E-state index is 0.0894. The van der Waals surface area contributed by atoms with Crippen LogP contribution in [-0.4, -0.2) is 90.3 Å². The third-order valence-electron chi connectivity index (χ3n) is 8.43. The van der Waals surface area contributed by atoms with Crippen molar-refractivity contribution in [2.24, 2.45) is 0 Å². The molecule has 218 valence electrons.